The fourth-order valence-corrected chi connectivity index (χ4v) is 0.371. The second kappa shape index (κ2) is 7.30. The molecule has 0 radical (unpaired) electrons. The Labute approximate surface area is 54.7 Å². The summed E-state index contributed by atoms with van der Waals surface area (Å²) in [5.41, 5.74) is 0. The Morgan fingerprint density at radius 2 is 2.33 bits per heavy atom. The lowest BCUT2D eigenvalue weighted by Gasteiger charge is -1.95. The Kier molecular flexibility index (Phi) is 6.73. The minimum absolute atomic E-state index is 0.247. The molecule has 0 fully saturated rings. The lowest BCUT2D eigenvalue weighted by atomic mass is 10.5. The predicted molar refractivity (Wildman–Crippen MR) is 36.3 cm³/mol. The third-order valence-electron chi connectivity index (χ3n) is 0.793. The summed E-state index contributed by atoms with van der Waals surface area (Å²) in [6.07, 6.45) is 2.60. The van der Waals surface area contributed by atoms with Gasteiger partial charge in [-0.15, -0.1) is 6.58 Å². The molecule has 0 aromatic heterocycles. The van der Waals surface area contributed by atoms with Gasteiger partial charge in [0.2, 0.25) is 0 Å². The van der Waals surface area contributed by atoms with Gasteiger partial charge >= 0.3 is 0 Å². The van der Waals surface area contributed by atoms with Gasteiger partial charge in [-0.2, -0.15) is 4.91 Å². The molecule has 0 rings (SSSR count). The van der Waals surface area contributed by atoms with Crippen molar-refractivity contribution in [2.45, 2.75) is 6.42 Å². The minimum Gasteiger partial charge on any atom is -0.379 e. The van der Waals surface area contributed by atoms with Crippen LogP contribution in [0.2, 0.25) is 0 Å². The molecule has 9 heavy (non-hydrogen) atoms. The molecular formula is C6H11NO2. The highest BCUT2D eigenvalue weighted by molar-refractivity contribution is 4.64. The molecule has 3 nitrogen and oxygen atoms in total. The van der Waals surface area contributed by atoms with E-state index in [4.69, 9.17) is 4.74 Å². The molecule has 0 bridgehead atoms. The number of nitrogens with zero attached hydrogens (tertiary/aromatic N) is 1. The van der Waals surface area contributed by atoms with Gasteiger partial charge in [0.15, 0.2) is 0 Å². The van der Waals surface area contributed by atoms with Crippen molar-refractivity contribution in [1.29, 1.82) is 0 Å². The van der Waals surface area contributed by atoms with E-state index in [0.29, 0.717) is 13.2 Å². The molecule has 0 atom stereocenters. The molecule has 0 spiro atoms. The molecule has 0 aliphatic rings. The maximum absolute atomic E-state index is 9.49. The summed E-state index contributed by atoms with van der Waals surface area (Å²) in [5, 5.41) is 2.63. The molecule has 0 saturated heterocycles. The summed E-state index contributed by atoms with van der Waals surface area (Å²) in [6, 6.07) is 0. The Morgan fingerprint density at radius 1 is 1.56 bits per heavy atom. The highest BCUT2D eigenvalue weighted by Crippen LogP contribution is 1.82. The van der Waals surface area contributed by atoms with Gasteiger partial charge in [-0.05, 0) is 6.42 Å². The van der Waals surface area contributed by atoms with Crippen molar-refractivity contribution in [3.8, 4) is 0 Å². The Balaban J connectivity index is 2.74. The van der Waals surface area contributed by atoms with E-state index in [9.17, 15) is 4.91 Å². The molecule has 0 aromatic rings. The van der Waals surface area contributed by atoms with Crippen LogP contribution in [-0.2, 0) is 4.74 Å². The molecule has 0 saturated carbocycles. The number of nitroso groups, excluding NO2 is 1. The number of rotatable bonds is 6. The molecule has 52 valence electrons. The summed E-state index contributed by atoms with van der Waals surface area (Å²) in [7, 11) is 0. The van der Waals surface area contributed by atoms with E-state index >= 15 is 0 Å². The normalized spacial score (nSPS) is 8.89. The van der Waals surface area contributed by atoms with Crippen LogP contribution in [0, 0.1) is 4.91 Å². The number of ether oxygens (including phenoxy) is 1. The maximum Gasteiger partial charge on any atom is 0.104 e. The van der Waals surface area contributed by atoms with E-state index in [2.05, 4.69) is 11.8 Å². The fourth-order valence-electron chi connectivity index (χ4n) is 0.371. The molecule has 0 N–H and O–H groups in total. The molecule has 0 aromatic carbocycles. The number of hydrogen-bond donors (Lipinski definition) is 0. The van der Waals surface area contributed by atoms with Gasteiger partial charge in [0.05, 0.1) is 13.2 Å². The Bertz CT molecular complexity index is 73.1. The summed E-state index contributed by atoms with van der Waals surface area (Å²) in [6.45, 7) is 4.83. The van der Waals surface area contributed by atoms with Crippen molar-refractivity contribution in [3.63, 3.8) is 0 Å². The zero-order chi connectivity index (χ0) is 6.95. The molecule has 3 heteroatoms. The highest BCUT2D eigenvalue weighted by atomic mass is 16.5. The van der Waals surface area contributed by atoms with E-state index in [1.165, 1.54) is 0 Å². The van der Waals surface area contributed by atoms with Crippen LogP contribution in [0.5, 0.6) is 0 Å². The van der Waals surface area contributed by atoms with Crippen molar-refractivity contribution in [1.82, 2.24) is 0 Å². The molecule has 0 aliphatic heterocycles. The Hall–Kier alpha value is -0.700. The minimum atomic E-state index is 0.247. The van der Waals surface area contributed by atoms with Gasteiger partial charge in [-0.1, -0.05) is 11.3 Å². The standard InChI is InChI=1S/C6H11NO2/c1-2-3-5-9-6-4-7-8/h2H,1,3-6H2. The van der Waals surface area contributed by atoms with E-state index < -0.39 is 0 Å². The maximum atomic E-state index is 9.49. The van der Waals surface area contributed by atoms with Gasteiger partial charge < -0.3 is 4.74 Å². The number of hydrogen-bond acceptors (Lipinski definition) is 3. The quantitative estimate of drug-likeness (QED) is 0.308. The summed E-state index contributed by atoms with van der Waals surface area (Å²) >= 11 is 0. The second-order valence-electron chi connectivity index (χ2n) is 1.54. The van der Waals surface area contributed by atoms with Crippen LogP contribution in [0.3, 0.4) is 0 Å². The van der Waals surface area contributed by atoms with Gasteiger partial charge in [0, 0.05) is 0 Å². The van der Waals surface area contributed by atoms with Crippen molar-refractivity contribution in [2.24, 2.45) is 5.18 Å². The average Bonchev–Trinajstić information content (AvgIpc) is 1.89. The van der Waals surface area contributed by atoms with Crippen LogP contribution in [-0.4, -0.2) is 19.8 Å². The monoisotopic (exact) mass is 129 g/mol. The lowest BCUT2D eigenvalue weighted by Crippen LogP contribution is -1.97. The zero-order valence-corrected chi connectivity index (χ0v) is 5.38. The van der Waals surface area contributed by atoms with Crippen molar-refractivity contribution in [2.75, 3.05) is 19.8 Å². The fraction of sp³-hybridized carbons (Fsp3) is 0.667. The first-order chi connectivity index (χ1) is 4.41. The van der Waals surface area contributed by atoms with Gasteiger partial charge in [-0.25, -0.2) is 0 Å². The molecule has 0 amide bonds. The molecular weight excluding hydrogens is 118 g/mol. The Morgan fingerprint density at radius 3 is 2.89 bits per heavy atom. The van der Waals surface area contributed by atoms with Crippen LogP contribution >= 0.6 is 0 Å². The summed E-state index contributed by atoms with van der Waals surface area (Å²) in [5.74, 6) is 0. The van der Waals surface area contributed by atoms with Gasteiger partial charge in [-0.3, -0.25) is 0 Å². The van der Waals surface area contributed by atoms with Crippen LogP contribution in [0.4, 0.5) is 0 Å². The SMILES string of the molecule is C=CCCOCCN=O. The first-order valence-electron chi connectivity index (χ1n) is 2.89. The molecule has 0 aliphatic carbocycles. The molecule has 0 unspecified atom stereocenters. The van der Waals surface area contributed by atoms with Crippen LogP contribution in [0.1, 0.15) is 6.42 Å². The summed E-state index contributed by atoms with van der Waals surface area (Å²) < 4.78 is 4.95. The van der Waals surface area contributed by atoms with E-state index in [1.54, 1.807) is 6.08 Å². The van der Waals surface area contributed by atoms with Crippen molar-refractivity contribution < 1.29 is 4.74 Å². The first-order valence-corrected chi connectivity index (χ1v) is 2.89. The van der Waals surface area contributed by atoms with Crippen molar-refractivity contribution in [3.05, 3.63) is 17.6 Å². The van der Waals surface area contributed by atoms with E-state index in [-0.39, 0.29) is 6.54 Å². The van der Waals surface area contributed by atoms with Crippen molar-refractivity contribution >= 4 is 0 Å². The van der Waals surface area contributed by atoms with E-state index in [1.807, 2.05) is 0 Å². The second-order valence-corrected chi connectivity index (χ2v) is 1.54. The van der Waals surface area contributed by atoms with Crippen LogP contribution in [0.15, 0.2) is 17.8 Å². The average molecular weight is 129 g/mol. The van der Waals surface area contributed by atoms with Gasteiger partial charge in [0.1, 0.15) is 6.54 Å². The predicted octanol–water partition coefficient (Wildman–Crippen LogP) is 1.35. The van der Waals surface area contributed by atoms with Crippen LogP contribution in [0.25, 0.3) is 0 Å². The van der Waals surface area contributed by atoms with Gasteiger partial charge in [0.25, 0.3) is 0 Å². The third-order valence-corrected chi connectivity index (χ3v) is 0.793. The highest BCUT2D eigenvalue weighted by Gasteiger charge is 1.83. The molecule has 0 heterocycles. The van der Waals surface area contributed by atoms with Crippen LogP contribution < -0.4 is 0 Å². The first kappa shape index (κ1) is 8.30. The zero-order valence-electron chi connectivity index (χ0n) is 5.38. The smallest absolute Gasteiger partial charge is 0.104 e. The third kappa shape index (κ3) is 7.30. The lowest BCUT2D eigenvalue weighted by molar-refractivity contribution is 0.146. The van der Waals surface area contributed by atoms with E-state index in [0.717, 1.165) is 6.42 Å². The summed E-state index contributed by atoms with van der Waals surface area (Å²) in [4.78, 5) is 9.49. The largest absolute Gasteiger partial charge is 0.379 e. The topological polar surface area (TPSA) is 38.7 Å².